The van der Waals surface area contributed by atoms with Gasteiger partial charge in [0.1, 0.15) is 5.60 Å². The Morgan fingerprint density at radius 1 is 1.53 bits per heavy atom. The van der Waals surface area contributed by atoms with Crippen molar-refractivity contribution in [2.45, 2.75) is 31.5 Å². The van der Waals surface area contributed by atoms with Crippen molar-refractivity contribution in [2.24, 2.45) is 0 Å². The van der Waals surface area contributed by atoms with Gasteiger partial charge in [-0.25, -0.2) is 0 Å². The molecule has 0 bridgehead atoms. The van der Waals surface area contributed by atoms with Gasteiger partial charge in [0.2, 0.25) is 0 Å². The van der Waals surface area contributed by atoms with Crippen molar-refractivity contribution in [3.63, 3.8) is 0 Å². The van der Waals surface area contributed by atoms with Gasteiger partial charge in [-0.3, -0.25) is 0 Å². The molecule has 2 atom stereocenters. The summed E-state index contributed by atoms with van der Waals surface area (Å²) in [5.74, 6) is 0. The van der Waals surface area contributed by atoms with Gasteiger partial charge >= 0.3 is 0 Å². The van der Waals surface area contributed by atoms with Crippen molar-refractivity contribution in [3.8, 4) is 0 Å². The van der Waals surface area contributed by atoms with E-state index in [2.05, 4.69) is 13.2 Å². The van der Waals surface area contributed by atoms with Crippen LogP contribution in [0.2, 0.25) is 0 Å². The first-order valence-electron chi connectivity index (χ1n) is 5.02. The van der Waals surface area contributed by atoms with Gasteiger partial charge in [0.15, 0.2) is 0 Å². The monoisotopic (exact) mass is 214 g/mol. The zero-order valence-electron chi connectivity index (χ0n) is 9.95. The molecule has 0 aliphatic carbocycles. The summed E-state index contributed by atoms with van der Waals surface area (Å²) >= 11 is 0. The van der Waals surface area contributed by atoms with Crippen LogP contribution in [0.1, 0.15) is 19.8 Å². The predicted octanol–water partition coefficient (Wildman–Crippen LogP) is 1.92. The van der Waals surface area contributed by atoms with Gasteiger partial charge in [-0.2, -0.15) is 0 Å². The Kier molecular flexibility index (Phi) is 6.48. The molecule has 0 aliphatic rings. The quantitative estimate of drug-likeness (QED) is 0.627. The van der Waals surface area contributed by atoms with Gasteiger partial charge in [-0.05, 0) is 19.8 Å². The minimum absolute atomic E-state index is 0.0201. The summed E-state index contributed by atoms with van der Waals surface area (Å²) in [5, 5.41) is 10.0. The highest BCUT2D eigenvalue weighted by Gasteiger charge is 2.24. The normalized spacial score (nSPS) is 16.8. The van der Waals surface area contributed by atoms with Gasteiger partial charge in [-0.1, -0.05) is 18.2 Å². The third-order valence-corrected chi connectivity index (χ3v) is 2.45. The minimum atomic E-state index is -0.971. The lowest BCUT2D eigenvalue weighted by Gasteiger charge is -2.25. The fraction of sp³-hybridized carbons (Fsp3) is 0.667. The van der Waals surface area contributed by atoms with Crippen molar-refractivity contribution >= 4 is 0 Å². The fourth-order valence-electron chi connectivity index (χ4n) is 1.43. The van der Waals surface area contributed by atoms with E-state index in [4.69, 9.17) is 9.47 Å². The molecule has 0 spiro atoms. The third-order valence-electron chi connectivity index (χ3n) is 2.45. The number of methoxy groups -OCH3 is 2. The number of aliphatic hydroxyl groups is 1. The summed E-state index contributed by atoms with van der Waals surface area (Å²) in [4.78, 5) is 0. The molecule has 0 rings (SSSR count). The molecule has 0 saturated heterocycles. The van der Waals surface area contributed by atoms with Crippen molar-refractivity contribution in [3.05, 3.63) is 24.8 Å². The molecule has 3 heteroatoms. The smallest absolute Gasteiger partial charge is 0.106 e. The lowest BCUT2D eigenvalue weighted by molar-refractivity contribution is -0.00992. The van der Waals surface area contributed by atoms with E-state index in [-0.39, 0.29) is 12.7 Å². The molecule has 0 aromatic heterocycles. The highest BCUT2D eigenvalue weighted by molar-refractivity contribution is 5.01. The van der Waals surface area contributed by atoms with Crippen LogP contribution < -0.4 is 0 Å². The lowest BCUT2D eigenvalue weighted by atomic mass is 9.95. The molecule has 0 saturated carbocycles. The Balaban J connectivity index is 4.20. The largest absolute Gasteiger partial charge is 0.383 e. The molecule has 0 radical (unpaired) electrons. The van der Waals surface area contributed by atoms with E-state index in [1.54, 1.807) is 14.2 Å². The number of hydrogen-bond acceptors (Lipinski definition) is 3. The van der Waals surface area contributed by atoms with Crippen LogP contribution in [0, 0.1) is 0 Å². The second-order valence-electron chi connectivity index (χ2n) is 3.85. The van der Waals surface area contributed by atoms with Gasteiger partial charge in [0.25, 0.3) is 0 Å². The Hall–Kier alpha value is -0.640. The first-order valence-corrected chi connectivity index (χ1v) is 5.02. The molecular weight excluding hydrogens is 192 g/mol. The molecule has 88 valence electrons. The molecule has 2 unspecified atom stereocenters. The second kappa shape index (κ2) is 6.77. The molecule has 0 aromatic carbocycles. The van der Waals surface area contributed by atoms with Crippen LogP contribution in [-0.2, 0) is 9.47 Å². The van der Waals surface area contributed by atoms with Gasteiger partial charge in [0.05, 0.1) is 12.7 Å². The second-order valence-corrected chi connectivity index (χ2v) is 3.85. The molecule has 0 fully saturated rings. The van der Waals surface area contributed by atoms with Gasteiger partial charge < -0.3 is 14.6 Å². The first-order chi connectivity index (χ1) is 6.99. The van der Waals surface area contributed by atoms with E-state index in [0.29, 0.717) is 12.8 Å². The highest BCUT2D eigenvalue weighted by Crippen LogP contribution is 2.19. The summed E-state index contributed by atoms with van der Waals surface area (Å²) in [6.07, 6.45) is 2.75. The summed E-state index contributed by atoms with van der Waals surface area (Å²) in [6, 6.07) is 0. The number of ether oxygens (including phenoxy) is 2. The molecule has 0 amide bonds. The first kappa shape index (κ1) is 14.4. The van der Waals surface area contributed by atoms with E-state index in [9.17, 15) is 5.11 Å². The maximum Gasteiger partial charge on any atom is 0.106 e. The summed E-state index contributed by atoms with van der Waals surface area (Å²) in [6.45, 7) is 9.61. The van der Waals surface area contributed by atoms with Crippen LogP contribution in [-0.4, -0.2) is 37.6 Å². The van der Waals surface area contributed by atoms with Crippen LogP contribution in [0.5, 0.6) is 0 Å². The molecule has 0 heterocycles. The summed E-state index contributed by atoms with van der Waals surface area (Å²) in [7, 11) is 3.20. The number of rotatable bonds is 8. The molecule has 15 heavy (non-hydrogen) atoms. The highest BCUT2D eigenvalue weighted by atomic mass is 16.5. The maximum atomic E-state index is 10.0. The predicted molar refractivity (Wildman–Crippen MR) is 61.9 cm³/mol. The fourth-order valence-corrected chi connectivity index (χ4v) is 1.43. The molecule has 0 aliphatic heterocycles. The SMILES string of the molecule is C=CC(O)(CCC(OC)C(=C)C)COC. The lowest BCUT2D eigenvalue weighted by Crippen LogP contribution is -2.33. The van der Waals surface area contributed by atoms with Crippen LogP contribution in [0.15, 0.2) is 24.8 Å². The molecule has 0 aromatic rings. The van der Waals surface area contributed by atoms with Crippen LogP contribution in [0.3, 0.4) is 0 Å². The molecule has 3 nitrogen and oxygen atoms in total. The van der Waals surface area contributed by atoms with Crippen molar-refractivity contribution in [1.82, 2.24) is 0 Å². The van der Waals surface area contributed by atoms with Crippen molar-refractivity contribution in [2.75, 3.05) is 20.8 Å². The van der Waals surface area contributed by atoms with Crippen molar-refractivity contribution < 1.29 is 14.6 Å². The Bertz CT molecular complexity index is 213. The summed E-state index contributed by atoms with van der Waals surface area (Å²) in [5.41, 5.74) is -0.0117. The van der Waals surface area contributed by atoms with Gasteiger partial charge in [-0.15, -0.1) is 6.58 Å². The van der Waals surface area contributed by atoms with E-state index in [1.807, 2.05) is 6.92 Å². The topological polar surface area (TPSA) is 38.7 Å². The summed E-state index contributed by atoms with van der Waals surface area (Å²) < 4.78 is 10.2. The van der Waals surface area contributed by atoms with Crippen LogP contribution >= 0.6 is 0 Å². The molecule has 1 N–H and O–H groups in total. The van der Waals surface area contributed by atoms with Crippen LogP contribution in [0.25, 0.3) is 0 Å². The van der Waals surface area contributed by atoms with Gasteiger partial charge in [0, 0.05) is 14.2 Å². The average Bonchev–Trinajstić information content (AvgIpc) is 2.18. The van der Waals surface area contributed by atoms with E-state index in [0.717, 1.165) is 5.57 Å². The number of hydrogen-bond donors (Lipinski definition) is 1. The Labute approximate surface area is 92.4 Å². The minimum Gasteiger partial charge on any atom is -0.383 e. The molecular formula is C12H22O3. The third kappa shape index (κ3) is 5.11. The van der Waals surface area contributed by atoms with E-state index >= 15 is 0 Å². The van der Waals surface area contributed by atoms with Crippen molar-refractivity contribution in [1.29, 1.82) is 0 Å². The average molecular weight is 214 g/mol. The Morgan fingerprint density at radius 2 is 2.13 bits per heavy atom. The standard InChI is InChI=1S/C12H22O3/c1-6-12(13,9-14-4)8-7-11(15-5)10(2)3/h6,11,13H,1-2,7-9H2,3-5H3. The Morgan fingerprint density at radius 3 is 2.47 bits per heavy atom. The maximum absolute atomic E-state index is 10.0. The van der Waals surface area contributed by atoms with E-state index in [1.165, 1.54) is 6.08 Å². The van der Waals surface area contributed by atoms with E-state index < -0.39 is 5.60 Å². The van der Waals surface area contributed by atoms with Crippen LogP contribution in [0.4, 0.5) is 0 Å². The zero-order chi connectivity index (χ0) is 11.9. The zero-order valence-corrected chi connectivity index (χ0v) is 9.95.